The van der Waals surface area contributed by atoms with Crippen LogP contribution < -0.4 is 15.4 Å². The molecule has 3 heterocycles. The highest BCUT2D eigenvalue weighted by molar-refractivity contribution is 7.91. The number of likely N-dealkylation sites (tertiary alicyclic amines) is 1. The average molecular weight is 407 g/mol. The smallest absolute Gasteiger partial charge is 0.255 e. The molecule has 0 bridgehead atoms. The van der Waals surface area contributed by atoms with Crippen molar-refractivity contribution in [3.05, 3.63) is 29.8 Å². The van der Waals surface area contributed by atoms with Crippen LogP contribution >= 0.6 is 0 Å². The molecule has 4 rings (SSSR count). The highest BCUT2D eigenvalue weighted by atomic mass is 32.2. The summed E-state index contributed by atoms with van der Waals surface area (Å²) in [5, 5.41) is 5.78. The van der Waals surface area contributed by atoms with Gasteiger partial charge in [-0.05, 0) is 37.9 Å². The molecule has 2 unspecified atom stereocenters. The standard InChI is InChI=1S/C19H25N3O5S/c23-17(21-14-6-9-28(25,26)11-14)10-22-8-3-7-19(13-22)12-20-18(24)15-4-1-2-5-16(15)27-19/h1-2,4-5,14H,3,6-13H2,(H,20,24)(H,21,23). The highest BCUT2D eigenvalue weighted by Crippen LogP contribution is 2.31. The minimum absolute atomic E-state index is 0.0224. The van der Waals surface area contributed by atoms with Crippen molar-refractivity contribution in [2.45, 2.75) is 30.9 Å². The Balaban J connectivity index is 1.40. The molecule has 2 N–H and O–H groups in total. The number of carbonyl (C=O) groups is 2. The quantitative estimate of drug-likeness (QED) is 0.728. The number of nitrogens with zero attached hydrogens (tertiary/aromatic N) is 1. The molecule has 1 spiro atoms. The Morgan fingerprint density at radius 2 is 2.18 bits per heavy atom. The summed E-state index contributed by atoms with van der Waals surface area (Å²) < 4.78 is 29.4. The Hall–Kier alpha value is -2.13. The lowest BCUT2D eigenvalue weighted by molar-refractivity contribution is -0.124. The molecule has 0 radical (unpaired) electrons. The number of rotatable bonds is 3. The fraction of sp³-hybridized carbons (Fsp3) is 0.579. The Morgan fingerprint density at radius 1 is 1.36 bits per heavy atom. The Kier molecular flexibility index (Phi) is 5.05. The number of ether oxygens (including phenoxy) is 1. The third-order valence-corrected chi connectivity index (χ3v) is 7.38. The molecule has 1 aromatic rings. The predicted octanol–water partition coefficient (Wildman–Crippen LogP) is -0.0533. The monoisotopic (exact) mass is 407 g/mol. The van der Waals surface area contributed by atoms with Crippen LogP contribution in [0.4, 0.5) is 0 Å². The molecule has 2 fully saturated rings. The maximum Gasteiger partial charge on any atom is 0.255 e. The fourth-order valence-corrected chi connectivity index (χ4v) is 5.96. The molecule has 8 nitrogen and oxygen atoms in total. The topological polar surface area (TPSA) is 105 Å². The van der Waals surface area contributed by atoms with Crippen molar-refractivity contribution < 1.29 is 22.7 Å². The zero-order valence-corrected chi connectivity index (χ0v) is 16.5. The number of hydrogen-bond donors (Lipinski definition) is 2. The minimum atomic E-state index is -3.02. The first-order chi connectivity index (χ1) is 13.3. The predicted molar refractivity (Wildman–Crippen MR) is 103 cm³/mol. The van der Waals surface area contributed by atoms with E-state index in [9.17, 15) is 18.0 Å². The first-order valence-corrected chi connectivity index (χ1v) is 11.4. The number of amides is 2. The zero-order chi connectivity index (χ0) is 19.8. The third-order valence-electron chi connectivity index (χ3n) is 5.61. The molecule has 3 aliphatic heterocycles. The summed E-state index contributed by atoms with van der Waals surface area (Å²) in [4.78, 5) is 26.7. The molecule has 0 saturated carbocycles. The Bertz CT molecular complexity index is 887. The third kappa shape index (κ3) is 4.15. The van der Waals surface area contributed by atoms with Crippen LogP contribution in [0.5, 0.6) is 5.75 Å². The second-order valence-electron chi connectivity index (χ2n) is 7.95. The fourth-order valence-electron chi connectivity index (χ4n) is 4.29. The van der Waals surface area contributed by atoms with Crippen molar-refractivity contribution in [1.29, 1.82) is 0 Å². The van der Waals surface area contributed by atoms with E-state index >= 15 is 0 Å². The van der Waals surface area contributed by atoms with Gasteiger partial charge in [0.2, 0.25) is 5.91 Å². The number of benzene rings is 1. The summed E-state index contributed by atoms with van der Waals surface area (Å²) in [5.74, 6) is 0.411. The summed E-state index contributed by atoms with van der Waals surface area (Å²) in [6.45, 7) is 1.87. The van der Waals surface area contributed by atoms with Crippen LogP contribution in [-0.4, -0.2) is 74.5 Å². The van der Waals surface area contributed by atoms with E-state index in [2.05, 4.69) is 10.6 Å². The van der Waals surface area contributed by atoms with Gasteiger partial charge in [0.1, 0.15) is 11.4 Å². The highest BCUT2D eigenvalue weighted by Gasteiger charge is 2.41. The Morgan fingerprint density at radius 3 is 2.96 bits per heavy atom. The number of nitrogens with one attached hydrogen (secondary N) is 2. The molecule has 28 heavy (non-hydrogen) atoms. The molecule has 152 valence electrons. The zero-order valence-electron chi connectivity index (χ0n) is 15.6. The molecule has 9 heteroatoms. The van der Waals surface area contributed by atoms with E-state index in [1.54, 1.807) is 18.2 Å². The summed E-state index contributed by atoms with van der Waals surface area (Å²) >= 11 is 0. The summed E-state index contributed by atoms with van der Waals surface area (Å²) in [6, 6.07) is 6.90. The van der Waals surface area contributed by atoms with E-state index in [1.165, 1.54) is 0 Å². The van der Waals surface area contributed by atoms with Crippen LogP contribution in [0, 0.1) is 0 Å². The van der Waals surface area contributed by atoms with Gasteiger partial charge in [-0.25, -0.2) is 8.42 Å². The number of para-hydroxylation sites is 1. The number of carbonyl (C=O) groups excluding carboxylic acids is 2. The SMILES string of the molecule is O=C(CN1CCCC2(CNC(=O)c3ccccc3O2)C1)NC1CCS(=O)(=O)C1. The van der Waals surface area contributed by atoms with Gasteiger partial charge in [-0.3, -0.25) is 14.5 Å². The van der Waals surface area contributed by atoms with Crippen molar-refractivity contribution >= 4 is 21.7 Å². The molecule has 2 amide bonds. The minimum Gasteiger partial charge on any atom is -0.483 e. The second-order valence-corrected chi connectivity index (χ2v) is 10.2. The molecule has 0 aromatic heterocycles. The largest absolute Gasteiger partial charge is 0.483 e. The molecular formula is C19H25N3O5S. The Labute approximate surface area is 164 Å². The van der Waals surface area contributed by atoms with E-state index in [4.69, 9.17) is 4.74 Å². The first kappa shape index (κ1) is 19.2. The first-order valence-electron chi connectivity index (χ1n) is 9.63. The van der Waals surface area contributed by atoms with Gasteiger partial charge < -0.3 is 15.4 Å². The molecule has 2 saturated heterocycles. The maximum atomic E-state index is 12.4. The maximum absolute atomic E-state index is 12.4. The van der Waals surface area contributed by atoms with Gasteiger partial charge >= 0.3 is 0 Å². The van der Waals surface area contributed by atoms with Gasteiger partial charge in [-0.1, -0.05) is 12.1 Å². The summed E-state index contributed by atoms with van der Waals surface area (Å²) in [6.07, 6.45) is 2.12. The van der Waals surface area contributed by atoms with Crippen molar-refractivity contribution in [3.8, 4) is 5.75 Å². The van der Waals surface area contributed by atoms with E-state index in [1.807, 2.05) is 11.0 Å². The van der Waals surface area contributed by atoms with Gasteiger partial charge in [0.05, 0.1) is 30.2 Å². The van der Waals surface area contributed by atoms with Crippen molar-refractivity contribution in [2.24, 2.45) is 0 Å². The second kappa shape index (κ2) is 7.36. The molecule has 2 atom stereocenters. The molecular weight excluding hydrogens is 382 g/mol. The average Bonchev–Trinajstić information content (AvgIpc) is 2.91. The van der Waals surface area contributed by atoms with Crippen molar-refractivity contribution in [3.63, 3.8) is 0 Å². The van der Waals surface area contributed by atoms with Gasteiger partial charge in [-0.15, -0.1) is 0 Å². The van der Waals surface area contributed by atoms with Crippen LogP contribution in [0.2, 0.25) is 0 Å². The lowest BCUT2D eigenvalue weighted by atomic mass is 9.92. The van der Waals surface area contributed by atoms with Crippen LogP contribution in [0.25, 0.3) is 0 Å². The summed E-state index contributed by atoms with van der Waals surface area (Å²) in [7, 11) is -3.02. The number of fused-ring (bicyclic) bond motifs is 1. The molecule has 0 aliphatic carbocycles. The number of sulfone groups is 1. The van der Waals surface area contributed by atoms with Crippen molar-refractivity contribution in [2.75, 3.05) is 37.7 Å². The molecule has 1 aromatic carbocycles. The van der Waals surface area contributed by atoms with E-state index in [0.29, 0.717) is 30.8 Å². The van der Waals surface area contributed by atoms with Crippen LogP contribution in [0.1, 0.15) is 29.6 Å². The van der Waals surface area contributed by atoms with Crippen LogP contribution in [0.3, 0.4) is 0 Å². The van der Waals surface area contributed by atoms with E-state index < -0.39 is 15.4 Å². The van der Waals surface area contributed by atoms with Gasteiger partial charge in [0.25, 0.3) is 5.91 Å². The van der Waals surface area contributed by atoms with Gasteiger partial charge in [-0.2, -0.15) is 0 Å². The van der Waals surface area contributed by atoms with Crippen LogP contribution in [0.15, 0.2) is 24.3 Å². The van der Waals surface area contributed by atoms with Crippen molar-refractivity contribution in [1.82, 2.24) is 15.5 Å². The summed E-state index contributed by atoms with van der Waals surface area (Å²) in [5.41, 5.74) is -0.0472. The number of piperidine rings is 1. The van der Waals surface area contributed by atoms with E-state index in [-0.39, 0.29) is 35.9 Å². The lowest BCUT2D eigenvalue weighted by Gasteiger charge is -2.41. The number of hydrogen-bond acceptors (Lipinski definition) is 6. The molecule has 3 aliphatic rings. The lowest BCUT2D eigenvalue weighted by Crippen LogP contribution is -2.58. The van der Waals surface area contributed by atoms with Crippen LogP contribution in [-0.2, 0) is 14.6 Å². The van der Waals surface area contributed by atoms with Gasteiger partial charge in [0, 0.05) is 12.6 Å². The normalized spacial score (nSPS) is 29.4. The van der Waals surface area contributed by atoms with E-state index in [0.717, 1.165) is 19.4 Å². The van der Waals surface area contributed by atoms with Gasteiger partial charge in [0.15, 0.2) is 9.84 Å².